The van der Waals surface area contributed by atoms with Gasteiger partial charge in [0.2, 0.25) is 0 Å². The highest BCUT2D eigenvalue weighted by Gasteiger charge is 2.50. The molecule has 1 saturated heterocycles. The first-order valence-electron chi connectivity index (χ1n) is 7.53. The van der Waals surface area contributed by atoms with Gasteiger partial charge < -0.3 is 0 Å². The summed E-state index contributed by atoms with van der Waals surface area (Å²) in [7, 11) is 0. The van der Waals surface area contributed by atoms with Gasteiger partial charge in [0.15, 0.2) is 0 Å². The lowest BCUT2D eigenvalue weighted by Gasteiger charge is -2.33. The van der Waals surface area contributed by atoms with E-state index < -0.39 is 16.1 Å². The Morgan fingerprint density at radius 2 is 1.88 bits per heavy atom. The van der Waals surface area contributed by atoms with Crippen LogP contribution in [0.15, 0.2) is 24.3 Å². The minimum absolute atomic E-state index is 0.0416. The number of thiocarbonyl (C=S) groups is 1. The standard InChI is InChI=1S/C15H15Cl3FN3OS/c16-15(17,18)22-14(23)21(10-7-5-9(19)6-8-10)13(20-22)11-3-1-2-4-12(11)24/h5-8,11,13,20H,1-4H2. The third-order valence-corrected chi connectivity index (χ3v) is 5.29. The third kappa shape index (κ3) is 3.48. The lowest BCUT2D eigenvalue weighted by molar-refractivity contribution is 0.194. The van der Waals surface area contributed by atoms with Crippen LogP contribution in [0.4, 0.5) is 14.9 Å². The number of nitrogens with one attached hydrogen (secondary N) is 1. The molecular formula is C15H15Cl3FN3OS. The first-order chi connectivity index (χ1) is 11.3. The Morgan fingerprint density at radius 3 is 2.46 bits per heavy atom. The van der Waals surface area contributed by atoms with Gasteiger partial charge in [-0.25, -0.2) is 19.6 Å². The summed E-state index contributed by atoms with van der Waals surface area (Å²) in [6, 6.07) is 5.11. The molecule has 2 fully saturated rings. The van der Waals surface area contributed by atoms with Crippen molar-refractivity contribution >= 4 is 63.6 Å². The minimum Gasteiger partial charge on any atom is -0.275 e. The van der Waals surface area contributed by atoms with Crippen molar-refractivity contribution in [1.29, 1.82) is 0 Å². The number of halogens is 4. The zero-order valence-corrected chi connectivity index (χ0v) is 15.6. The molecule has 1 N–H and O–H groups in total. The number of amides is 2. The average Bonchev–Trinajstić information content (AvgIpc) is 2.86. The van der Waals surface area contributed by atoms with Gasteiger partial charge in [-0.3, -0.25) is 4.90 Å². The van der Waals surface area contributed by atoms with Crippen molar-refractivity contribution in [3.05, 3.63) is 30.1 Å². The number of nitrogens with zero attached hydrogens (tertiary/aromatic N) is 2. The van der Waals surface area contributed by atoms with Gasteiger partial charge in [-0.05, 0) is 48.4 Å². The molecular weight excluding hydrogens is 396 g/mol. The van der Waals surface area contributed by atoms with Gasteiger partial charge in [-0.1, -0.05) is 53.4 Å². The molecule has 0 spiro atoms. The van der Waals surface area contributed by atoms with Crippen LogP contribution in [-0.4, -0.2) is 26.0 Å². The van der Waals surface area contributed by atoms with Crippen molar-refractivity contribution in [2.24, 2.45) is 5.92 Å². The van der Waals surface area contributed by atoms with Crippen molar-refractivity contribution < 1.29 is 9.18 Å². The number of benzene rings is 1. The van der Waals surface area contributed by atoms with E-state index in [-0.39, 0.29) is 11.7 Å². The average molecular weight is 411 g/mol. The second-order valence-corrected chi connectivity index (χ2v) is 8.57. The van der Waals surface area contributed by atoms with Gasteiger partial charge in [0.25, 0.3) is 3.92 Å². The molecule has 3 rings (SSSR count). The molecule has 130 valence electrons. The van der Waals surface area contributed by atoms with Crippen LogP contribution in [0.1, 0.15) is 25.7 Å². The van der Waals surface area contributed by atoms with Crippen LogP contribution in [-0.2, 0) is 0 Å². The summed E-state index contributed by atoms with van der Waals surface area (Å²) in [4.78, 5) is 15.2. The van der Waals surface area contributed by atoms with Gasteiger partial charge in [-0.2, -0.15) is 0 Å². The Morgan fingerprint density at radius 1 is 1.21 bits per heavy atom. The van der Waals surface area contributed by atoms with Gasteiger partial charge in [0.05, 0.1) is 0 Å². The van der Waals surface area contributed by atoms with Crippen molar-refractivity contribution in [3.63, 3.8) is 0 Å². The molecule has 1 saturated carbocycles. The zero-order valence-electron chi connectivity index (χ0n) is 12.5. The Kier molecular flexibility index (Phi) is 5.23. The maximum absolute atomic E-state index is 13.2. The van der Waals surface area contributed by atoms with Crippen LogP contribution in [0.25, 0.3) is 0 Å². The van der Waals surface area contributed by atoms with Crippen molar-refractivity contribution in [2.45, 2.75) is 35.8 Å². The molecule has 1 aromatic carbocycles. The van der Waals surface area contributed by atoms with Gasteiger partial charge >= 0.3 is 6.03 Å². The number of hydrogen-bond acceptors (Lipinski definition) is 3. The van der Waals surface area contributed by atoms with Crippen LogP contribution in [0.5, 0.6) is 0 Å². The Balaban J connectivity index is 1.98. The number of rotatable bonds is 2. The molecule has 2 atom stereocenters. The van der Waals surface area contributed by atoms with Crippen LogP contribution in [0, 0.1) is 11.7 Å². The minimum atomic E-state index is -1.94. The van der Waals surface area contributed by atoms with Gasteiger partial charge in [0, 0.05) is 11.6 Å². The van der Waals surface area contributed by atoms with E-state index in [9.17, 15) is 9.18 Å². The van der Waals surface area contributed by atoms with Crippen LogP contribution >= 0.6 is 47.0 Å². The molecule has 2 unspecified atom stereocenters. The molecule has 1 aliphatic heterocycles. The monoisotopic (exact) mass is 409 g/mol. The van der Waals surface area contributed by atoms with Crippen molar-refractivity contribution in [2.75, 3.05) is 4.90 Å². The maximum atomic E-state index is 13.2. The summed E-state index contributed by atoms with van der Waals surface area (Å²) in [5, 5.41) is 0.961. The van der Waals surface area contributed by atoms with E-state index in [4.69, 9.17) is 47.0 Å². The maximum Gasteiger partial charge on any atom is 0.343 e. The summed E-state index contributed by atoms with van der Waals surface area (Å²) in [5.74, 6) is -0.429. The van der Waals surface area contributed by atoms with E-state index in [0.29, 0.717) is 5.69 Å². The largest absolute Gasteiger partial charge is 0.343 e. The SMILES string of the molecule is O=C1N(c2ccc(F)cc2)C(C2CCCCC2=S)NN1C(Cl)(Cl)Cl. The topological polar surface area (TPSA) is 35.6 Å². The van der Waals surface area contributed by atoms with Crippen molar-refractivity contribution in [3.8, 4) is 0 Å². The third-order valence-electron chi connectivity index (χ3n) is 4.28. The zero-order chi connectivity index (χ0) is 17.5. The summed E-state index contributed by atoms with van der Waals surface area (Å²) in [6.45, 7) is 0. The Labute approximate surface area is 159 Å². The smallest absolute Gasteiger partial charge is 0.275 e. The molecule has 24 heavy (non-hydrogen) atoms. The highest BCUT2D eigenvalue weighted by molar-refractivity contribution is 7.80. The predicted molar refractivity (Wildman–Crippen MR) is 97.9 cm³/mol. The number of anilines is 1. The molecule has 2 aliphatic rings. The summed E-state index contributed by atoms with van der Waals surface area (Å²) < 4.78 is 11.3. The first kappa shape index (κ1) is 18.1. The fourth-order valence-corrected chi connectivity index (χ4v) is 3.89. The fraction of sp³-hybridized carbons (Fsp3) is 0.467. The van der Waals surface area contributed by atoms with E-state index in [1.165, 1.54) is 29.2 Å². The number of carbonyl (C=O) groups excluding carboxylic acids is 1. The van der Waals surface area contributed by atoms with E-state index in [0.717, 1.165) is 35.6 Å². The normalized spacial score (nSPS) is 25.5. The summed E-state index contributed by atoms with van der Waals surface area (Å²) >= 11 is 23.2. The molecule has 0 bridgehead atoms. The van der Waals surface area contributed by atoms with Crippen LogP contribution in [0.3, 0.4) is 0 Å². The van der Waals surface area contributed by atoms with E-state index in [1.54, 1.807) is 0 Å². The molecule has 2 amide bonds. The van der Waals surface area contributed by atoms with Gasteiger partial charge in [0.1, 0.15) is 12.0 Å². The lowest BCUT2D eigenvalue weighted by atomic mass is 9.86. The molecule has 1 aliphatic carbocycles. The Hall–Kier alpha value is -0.660. The van der Waals surface area contributed by atoms with E-state index in [2.05, 4.69) is 5.43 Å². The number of urea groups is 1. The van der Waals surface area contributed by atoms with E-state index in [1.807, 2.05) is 0 Å². The number of hydrogen-bond donors (Lipinski definition) is 1. The molecule has 1 aromatic rings. The molecule has 9 heteroatoms. The number of carbonyl (C=O) groups is 1. The lowest BCUT2D eigenvalue weighted by Crippen LogP contribution is -2.49. The highest BCUT2D eigenvalue weighted by atomic mass is 35.6. The van der Waals surface area contributed by atoms with Crippen LogP contribution in [0.2, 0.25) is 0 Å². The van der Waals surface area contributed by atoms with Crippen molar-refractivity contribution in [1.82, 2.24) is 10.4 Å². The molecule has 4 nitrogen and oxygen atoms in total. The first-order valence-corrected chi connectivity index (χ1v) is 9.08. The Bertz CT molecular complexity index is 652. The molecule has 1 heterocycles. The summed E-state index contributed by atoms with van der Waals surface area (Å²) in [5.41, 5.74) is 3.49. The number of alkyl halides is 3. The second-order valence-electron chi connectivity index (χ2n) is 5.82. The van der Waals surface area contributed by atoms with Crippen LogP contribution < -0.4 is 10.3 Å². The van der Waals surface area contributed by atoms with E-state index >= 15 is 0 Å². The summed E-state index contributed by atoms with van der Waals surface area (Å²) in [6.07, 6.45) is 3.27. The fourth-order valence-electron chi connectivity index (χ4n) is 3.14. The molecule has 0 radical (unpaired) electrons. The predicted octanol–water partition coefficient (Wildman–Crippen LogP) is 4.79. The van der Waals surface area contributed by atoms with Gasteiger partial charge in [-0.15, -0.1) is 0 Å². The second kappa shape index (κ2) is 6.92. The molecule has 0 aromatic heterocycles. The highest BCUT2D eigenvalue weighted by Crippen LogP contribution is 2.38. The number of hydrazine groups is 1. The quantitative estimate of drug-likeness (QED) is 0.433.